The highest BCUT2D eigenvalue weighted by Crippen LogP contribution is 2.14. The predicted octanol–water partition coefficient (Wildman–Crippen LogP) is -2.75. The van der Waals surface area contributed by atoms with Crippen LogP contribution in [0.5, 0.6) is 0 Å². The fourth-order valence-corrected chi connectivity index (χ4v) is 6.44. The molecule has 0 aliphatic heterocycles. The Bertz CT molecular complexity index is 1560. The van der Waals surface area contributed by atoms with Crippen LogP contribution in [0.2, 0.25) is 0 Å². The molecule has 0 bridgehead atoms. The van der Waals surface area contributed by atoms with Gasteiger partial charge in [-0.2, -0.15) is 0 Å². The second-order valence-corrected chi connectivity index (χ2v) is 17.0. The van der Waals surface area contributed by atoms with E-state index in [0.29, 0.717) is 58.0 Å². The van der Waals surface area contributed by atoms with E-state index in [0.717, 1.165) is 0 Å². The van der Waals surface area contributed by atoms with Crippen molar-refractivity contribution >= 4 is 53.3 Å². The fourth-order valence-electron chi connectivity index (χ4n) is 6.44. The number of nitrogens with zero attached hydrogens (tertiary/aromatic N) is 1. The summed E-state index contributed by atoms with van der Waals surface area (Å²) in [4.78, 5) is 111. The lowest BCUT2D eigenvalue weighted by Crippen LogP contribution is -2.62. The first-order chi connectivity index (χ1) is 30.5. The van der Waals surface area contributed by atoms with Crippen LogP contribution in [0.1, 0.15) is 120 Å². The molecule has 0 aromatic heterocycles. The van der Waals surface area contributed by atoms with Crippen LogP contribution in [0, 0.1) is 17.8 Å². The van der Waals surface area contributed by atoms with Crippen molar-refractivity contribution in [2.45, 2.75) is 174 Å². The molecule has 7 amide bonds. The summed E-state index contributed by atoms with van der Waals surface area (Å²) in [5, 5.41) is 37.7. The van der Waals surface area contributed by atoms with Gasteiger partial charge >= 0.3 is 5.97 Å². The number of aliphatic hydroxyl groups excluding tert-OH is 1. The summed E-state index contributed by atoms with van der Waals surface area (Å²) in [5.41, 5.74) is 28.1. The van der Waals surface area contributed by atoms with E-state index in [9.17, 15) is 48.6 Å². The molecule has 0 spiro atoms. The molecular weight excluding hydrogens is 847 g/mol. The number of nitrogens with two attached hydrogens (primary N) is 5. The fraction of sp³-hybridized carbons (Fsp3) is 0.786. The third kappa shape index (κ3) is 22.6. The summed E-state index contributed by atoms with van der Waals surface area (Å²) in [6, 6.07) is -9.67. The van der Waals surface area contributed by atoms with Crippen LogP contribution < -0.4 is 65.9 Å². The standard InChI is InChI=1S/C42H81N13O10/c1-9-23(5)31(39(62)51-29(18-15-21-48-42(46)47)37(60)55-33(26(8)56)41(64)65)54-40(63)32(24(6)10-2)53-34(57)25(7)49-38(61)30(22(3)4)52-36(59)28(17-12-14-20-44)50-35(58)27(45)16-11-13-19-43/h22-33,56H,9-21,43-45H2,1-8H3,(H,49,61)(H,50,58)(H,51,62)(H,52,59)(H,53,57)(H,54,63)(H,55,60)(H,64,65)(H4,46,47,48)/t23-,24-,25-,26+,27-,28-,29-,30-,31-,32-,33-/m0/s1. The van der Waals surface area contributed by atoms with Gasteiger partial charge in [-0.3, -0.25) is 38.6 Å². The highest BCUT2D eigenvalue weighted by atomic mass is 16.4. The van der Waals surface area contributed by atoms with Gasteiger partial charge in [0.25, 0.3) is 0 Å². The zero-order chi connectivity index (χ0) is 50.0. The van der Waals surface area contributed by atoms with Crippen molar-refractivity contribution < 1.29 is 48.6 Å². The van der Waals surface area contributed by atoms with Crippen LogP contribution >= 0.6 is 0 Å². The second-order valence-electron chi connectivity index (χ2n) is 17.0. The summed E-state index contributed by atoms with van der Waals surface area (Å²) < 4.78 is 0. The average Bonchev–Trinajstić information content (AvgIpc) is 3.24. The Morgan fingerprint density at radius 1 is 0.523 bits per heavy atom. The predicted molar refractivity (Wildman–Crippen MR) is 246 cm³/mol. The molecule has 0 saturated carbocycles. The van der Waals surface area contributed by atoms with Crippen LogP contribution in [-0.4, -0.2) is 138 Å². The summed E-state index contributed by atoms with van der Waals surface area (Å²) in [5.74, 6) is -8.13. The van der Waals surface area contributed by atoms with Crippen LogP contribution in [0.3, 0.4) is 0 Å². The lowest BCUT2D eigenvalue weighted by molar-refractivity contribution is -0.145. The summed E-state index contributed by atoms with van der Waals surface area (Å²) >= 11 is 0. The lowest BCUT2D eigenvalue weighted by atomic mass is 9.94. The Morgan fingerprint density at radius 3 is 1.38 bits per heavy atom. The molecule has 19 N–H and O–H groups in total. The van der Waals surface area contributed by atoms with Crippen molar-refractivity contribution in [3.05, 3.63) is 0 Å². The second kappa shape index (κ2) is 31.7. The van der Waals surface area contributed by atoms with Crippen molar-refractivity contribution in [2.24, 2.45) is 51.4 Å². The molecule has 0 aromatic carbocycles. The van der Waals surface area contributed by atoms with Crippen LogP contribution in [0.4, 0.5) is 0 Å². The summed E-state index contributed by atoms with van der Waals surface area (Å²) in [7, 11) is 0. The minimum absolute atomic E-state index is 0.0468. The van der Waals surface area contributed by atoms with Gasteiger partial charge in [-0.15, -0.1) is 0 Å². The number of aliphatic carboxylic acids is 1. The van der Waals surface area contributed by atoms with Crippen molar-refractivity contribution in [3.8, 4) is 0 Å². The molecular formula is C42H81N13O10. The highest BCUT2D eigenvalue weighted by molar-refractivity contribution is 5.97. The minimum Gasteiger partial charge on any atom is -0.480 e. The SMILES string of the molecule is CC[C@H](C)[C@H](NC(=O)[C@H](C)NC(=O)[C@@H](NC(=O)[C@H](CCCCN)NC(=O)[C@@H](N)CCCCN)C(C)C)C(=O)N[C@H](C(=O)N[C@@H](CCCN=C(N)N)C(=O)N[C@H](C(=O)O)[C@@H](C)O)[C@@H](C)CC. The van der Waals surface area contributed by atoms with Crippen LogP contribution in [0.25, 0.3) is 0 Å². The van der Waals surface area contributed by atoms with Gasteiger partial charge < -0.3 is 76.1 Å². The maximum absolute atomic E-state index is 14.0. The molecule has 0 fully saturated rings. The van der Waals surface area contributed by atoms with Crippen molar-refractivity contribution in [1.82, 2.24) is 37.2 Å². The van der Waals surface area contributed by atoms with Gasteiger partial charge in [-0.1, -0.05) is 60.8 Å². The average molecular weight is 928 g/mol. The minimum atomic E-state index is -1.68. The molecule has 65 heavy (non-hydrogen) atoms. The molecule has 23 nitrogen and oxygen atoms in total. The van der Waals surface area contributed by atoms with Gasteiger partial charge in [-0.05, 0) is 89.6 Å². The first-order valence-corrected chi connectivity index (χ1v) is 22.7. The number of aliphatic imine (C=N–C) groups is 1. The number of carboxylic acid groups (broad SMARTS) is 1. The number of guanidine groups is 1. The molecule has 374 valence electrons. The van der Waals surface area contributed by atoms with Crippen molar-refractivity contribution in [2.75, 3.05) is 19.6 Å². The Labute approximate surface area is 383 Å². The molecule has 23 heteroatoms. The smallest absolute Gasteiger partial charge is 0.328 e. The number of unbranched alkanes of at least 4 members (excludes halogenated alkanes) is 2. The van der Waals surface area contributed by atoms with Gasteiger partial charge in [0.2, 0.25) is 41.4 Å². The van der Waals surface area contributed by atoms with Gasteiger partial charge in [0, 0.05) is 6.54 Å². The van der Waals surface area contributed by atoms with Crippen LogP contribution in [-0.2, 0) is 38.4 Å². The van der Waals surface area contributed by atoms with Gasteiger partial charge in [0.1, 0.15) is 36.3 Å². The number of rotatable bonds is 33. The number of hydrogen-bond donors (Lipinski definition) is 14. The van der Waals surface area contributed by atoms with E-state index in [1.54, 1.807) is 41.5 Å². The van der Waals surface area contributed by atoms with Gasteiger partial charge in [0.15, 0.2) is 12.0 Å². The molecule has 0 aromatic rings. The van der Waals surface area contributed by atoms with Gasteiger partial charge in [-0.25, -0.2) is 4.79 Å². The first-order valence-electron chi connectivity index (χ1n) is 22.7. The van der Waals surface area contributed by atoms with Crippen molar-refractivity contribution in [1.29, 1.82) is 0 Å². The van der Waals surface area contributed by atoms with E-state index in [2.05, 4.69) is 42.2 Å². The largest absolute Gasteiger partial charge is 0.480 e. The molecule has 0 aliphatic carbocycles. The number of amides is 7. The highest BCUT2D eigenvalue weighted by Gasteiger charge is 2.37. The van der Waals surface area contributed by atoms with E-state index in [1.165, 1.54) is 13.8 Å². The monoisotopic (exact) mass is 928 g/mol. The quantitative estimate of drug-likeness (QED) is 0.0180. The Kier molecular flexibility index (Phi) is 29.2. The van der Waals surface area contributed by atoms with Crippen LogP contribution in [0.15, 0.2) is 4.99 Å². The number of nitrogens with one attached hydrogen (secondary N) is 7. The van der Waals surface area contributed by atoms with E-state index in [4.69, 9.17) is 28.7 Å². The molecule has 0 radical (unpaired) electrons. The Balaban J connectivity index is 6.23. The topological polar surface area (TPSA) is 404 Å². The maximum atomic E-state index is 14.0. The molecule has 0 aliphatic rings. The third-order valence-electron chi connectivity index (χ3n) is 11.1. The van der Waals surface area contributed by atoms with E-state index < -0.39 is 120 Å². The Hall–Kier alpha value is -5.13. The normalized spacial score (nSPS) is 16.3. The molecule has 0 unspecified atom stereocenters. The van der Waals surface area contributed by atoms with E-state index in [1.807, 2.05) is 0 Å². The number of aliphatic hydroxyl groups is 1. The van der Waals surface area contributed by atoms with Crippen molar-refractivity contribution in [3.63, 3.8) is 0 Å². The first kappa shape index (κ1) is 59.9. The number of carboxylic acids is 1. The molecule has 11 atom stereocenters. The maximum Gasteiger partial charge on any atom is 0.328 e. The zero-order valence-corrected chi connectivity index (χ0v) is 39.6. The van der Waals surface area contributed by atoms with E-state index >= 15 is 0 Å². The third-order valence-corrected chi connectivity index (χ3v) is 11.1. The molecule has 0 rings (SSSR count). The van der Waals surface area contributed by atoms with Gasteiger partial charge in [0.05, 0.1) is 12.1 Å². The lowest BCUT2D eigenvalue weighted by Gasteiger charge is -2.31. The summed E-state index contributed by atoms with van der Waals surface area (Å²) in [6.07, 6.45) is 2.51. The number of carbonyl (C=O) groups excluding carboxylic acids is 7. The van der Waals surface area contributed by atoms with E-state index in [-0.39, 0.29) is 31.8 Å². The molecule has 0 heterocycles. The number of hydrogen-bond acceptors (Lipinski definition) is 13. The molecule has 0 saturated heterocycles. The zero-order valence-electron chi connectivity index (χ0n) is 39.6. The summed E-state index contributed by atoms with van der Waals surface area (Å²) in [6.45, 7) is 13.9. The Morgan fingerprint density at radius 2 is 0.938 bits per heavy atom. The number of carbonyl (C=O) groups is 8.